The van der Waals surface area contributed by atoms with Crippen LogP contribution < -0.4 is 4.90 Å². The van der Waals surface area contributed by atoms with Crippen LogP contribution in [-0.2, 0) is 0 Å². The molecule has 5 rings (SSSR count). The maximum atomic E-state index is 13.3. The minimum atomic E-state index is -0.475. The van der Waals surface area contributed by atoms with Crippen LogP contribution >= 0.6 is 11.6 Å². The summed E-state index contributed by atoms with van der Waals surface area (Å²) in [6.07, 6.45) is 0. The summed E-state index contributed by atoms with van der Waals surface area (Å²) in [5.41, 5.74) is 2.36. The number of nitrogens with zero attached hydrogens (tertiary/aromatic N) is 2. The summed E-state index contributed by atoms with van der Waals surface area (Å²) < 4.78 is 0. The predicted molar refractivity (Wildman–Crippen MR) is 116 cm³/mol. The van der Waals surface area contributed by atoms with Crippen molar-refractivity contribution < 1.29 is 14.8 Å². The van der Waals surface area contributed by atoms with Gasteiger partial charge >= 0.3 is 0 Å². The highest BCUT2D eigenvalue weighted by Crippen LogP contribution is 2.45. The Morgan fingerprint density at radius 1 is 1.20 bits per heavy atom. The van der Waals surface area contributed by atoms with E-state index in [1.165, 1.54) is 12.1 Å². The Hall–Kier alpha value is -3.58. The van der Waals surface area contributed by atoms with Crippen LogP contribution in [0.4, 0.5) is 11.4 Å². The molecule has 0 fully saturated rings. The number of nitro groups is 1. The number of amides is 1. The van der Waals surface area contributed by atoms with Gasteiger partial charge in [0.1, 0.15) is 11.4 Å². The number of benzene rings is 3. The number of rotatable bonds is 3. The molecule has 0 aliphatic carbocycles. The first kappa shape index (κ1) is 18.4. The summed E-state index contributed by atoms with van der Waals surface area (Å²) in [5, 5.41) is 23.8. The number of nitro benzene ring substituents is 1. The maximum absolute atomic E-state index is 13.3. The van der Waals surface area contributed by atoms with Crippen molar-refractivity contribution in [2.75, 3.05) is 17.3 Å². The average Bonchev–Trinajstić information content (AvgIpc) is 3.34. The first-order valence-electron chi connectivity index (χ1n) is 9.37. The highest BCUT2D eigenvalue weighted by molar-refractivity contribution is 6.19. The van der Waals surface area contributed by atoms with Crippen molar-refractivity contribution in [2.24, 2.45) is 0 Å². The van der Waals surface area contributed by atoms with Gasteiger partial charge in [0, 0.05) is 47.3 Å². The predicted octanol–water partition coefficient (Wildman–Crippen LogP) is 4.92. The van der Waals surface area contributed by atoms with Gasteiger partial charge < -0.3 is 15.0 Å². The lowest BCUT2D eigenvalue weighted by atomic mass is 9.95. The number of carbonyl (C=O) groups is 1. The highest BCUT2D eigenvalue weighted by Gasteiger charge is 2.35. The molecule has 1 amide bonds. The van der Waals surface area contributed by atoms with Crippen LogP contribution in [0.25, 0.3) is 21.7 Å². The number of nitrogens with one attached hydrogen (secondary N) is 1. The molecule has 0 saturated heterocycles. The second-order valence-corrected chi connectivity index (χ2v) is 7.66. The molecular formula is C22H16ClN3O4. The minimum Gasteiger partial charge on any atom is -0.507 e. The number of aromatic amines is 1. The van der Waals surface area contributed by atoms with Gasteiger partial charge in [0.25, 0.3) is 11.6 Å². The molecule has 2 N–H and O–H groups in total. The van der Waals surface area contributed by atoms with Gasteiger partial charge in [0.2, 0.25) is 0 Å². The molecule has 150 valence electrons. The van der Waals surface area contributed by atoms with Crippen molar-refractivity contribution in [3.63, 3.8) is 0 Å². The molecule has 0 radical (unpaired) electrons. The molecule has 0 saturated carbocycles. The van der Waals surface area contributed by atoms with E-state index in [1.807, 2.05) is 24.3 Å². The van der Waals surface area contributed by atoms with E-state index in [9.17, 15) is 20.0 Å². The Morgan fingerprint density at radius 2 is 1.97 bits per heavy atom. The fraction of sp³-hybridized carbons (Fsp3) is 0.136. The lowest BCUT2D eigenvalue weighted by Gasteiger charge is -2.17. The van der Waals surface area contributed by atoms with E-state index in [-0.39, 0.29) is 23.3 Å². The molecule has 8 heteroatoms. The van der Waals surface area contributed by atoms with Crippen LogP contribution in [0.15, 0.2) is 54.6 Å². The number of hydrogen-bond donors (Lipinski definition) is 2. The van der Waals surface area contributed by atoms with E-state index in [0.29, 0.717) is 34.7 Å². The Labute approximate surface area is 175 Å². The van der Waals surface area contributed by atoms with Gasteiger partial charge in [-0.25, -0.2) is 0 Å². The first-order valence-corrected chi connectivity index (χ1v) is 9.91. The number of aromatic hydroxyl groups is 1. The molecule has 1 aliphatic heterocycles. The normalized spacial score (nSPS) is 15.6. The number of aromatic nitrogens is 1. The van der Waals surface area contributed by atoms with Crippen molar-refractivity contribution in [2.45, 2.75) is 5.92 Å². The number of carbonyl (C=O) groups excluding carboxylic acids is 1. The van der Waals surface area contributed by atoms with Gasteiger partial charge in [0.15, 0.2) is 0 Å². The van der Waals surface area contributed by atoms with E-state index in [1.54, 1.807) is 23.1 Å². The molecule has 1 unspecified atom stereocenters. The van der Waals surface area contributed by atoms with Crippen LogP contribution in [0.2, 0.25) is 0 Å². The zero-order valence-electron chi connectivity index (χ0n) is 15.6. The number of non-ortho nitro benzene ring substituents is 1. The van der Waals surface area contributed by atoms with Crippen molar-refractivity contribution in [1.29, 1.82) is 0 Å². The fourth-order valence-electron chi connectivity index (χ4n) is 4.23. The maximum Gasteiger partial charge on any atom is 0.274 e. The van der Waals surface area contributed by atoms with Crippen LogP contribution in [0, 0.1) is 10.1 Å². The van der Waals surface area contributed by atoms with Crippen molar-refractivity contribution in [3.05, 3.63) is 76.0 Å². The smallest absolute Gasteiger partial charge is 0.274 e. The number of anilines is 1. The number of phenolic OH excluding ortho intramolecular Hbond substituents is 1. The van der Waals surface area contributed by atoms with Crippen molar-refractivity contribution in [3.8, 4) is 5.75 Å². The second kappa shape index (κ2) is 6.74. The molecule has 0 bridgehead atoms. The van der Waals surface area contributed by atoms with Gasteiger partial charge in [0.05, 0.1) is 16.1 Å². The third kappa shape index (κ3) is 2.70. The van der Waals surface area contributed by atoms with Gasteiger partial charge in [-0.2, -0.15) is 0 Å². The lowest BCUT2D eigenvalue weighted by molar-refractivity contribution is -0.384. The minimum absolute atomic E-state index is 0.0477. The van der Waals surface area contributed by atoms with Crippen LogP contribution in [0.3, 0.4) is 0 Å². The number of hydrogen-bond acceptors (Lipinski definition) is 4. The van der Waals surface area contributed by atoms with Gasteiger partial charge in [-0.3, -0.25) is 14.9 Å². The van der Waals surface area contributed by atoms with Gasteiger partial charge in [-0.05, 0) is 23.1 Å². The summed E-state index contributed by atoms with van der Waals surface area (Å²) in [7, 11) is 0. The molecule has 2 heterocycles. The number of alkyl halides is 1. The molecule has 3 aromatic carbocycles. The standard InChI is InChI=1S/C22H16ClN3O4/c23-10-13-11-25(19-9-20(27)15-3-1-2-4-16(15)21(13)19)22(28)18-7-12-5-6-14(26(29)30)8-17(12)24-18/h1-9,13,24,27H,10-11H2. The molecule has 1 aliphatic rings. The molecular weight excluding hydrogens is 406 g/mol. The molecule has 1 atom stereocenters. The quantitative estimate of drug-likeness (QED) is 0.278. The molecule has 1 aromatic heterocycles. The van der Waals surface area contributed by atoms with E-state index < -0.39 is 4.92 Å². The van der Waals surface area contributed by atoms with E-state index >= 15 is 0 Å². The molecule has 30 heavy (non-hydrogen) atoms. The third-order valence-electron chi connectivity index (χ3n) is 5.62. The van der Waals surface area contributed by atoms with Crippen LogP contribution in [-0.4, -0.2) is 33.3 Å². The topological polar surface area (TPSA) is 99.5 Å². The number of H-pyrrole nitrogens is 1. The zero-order chi connectivity index (χ0) is 21.0. The van der Waals surface area contributed by atoms with Crippen molar-refractivity contribution in [1.82, 2.24) is 4.98 Å². The highest BCUT2D eigenvalue weighted by atomic mass is 35.5. The summed E-state index contributed by atoms with van der Waals surface area (Å²) in [4.78, 5) is 28.5. The van der Waals surface area contributed by atoms with E-state index in [2.05, 4.69) is 4.98 Å². The van der Waals surface area contributed by atoms with E-state index in [4.69, 9.17) is 11.6 Å². The van der Waals surface area contributed by atoms with Crippen molar-refractivity contribution >= 4 is 50.6 Å². The fourth-order valence-corrected chi connectivity index (χ4v) is 4.49. The number of phenols is 1. The average molecular weight is 422 g/mol. The monoisotopic (exact) mass is 421 g/mol. The second-order valence-electron chi connectivity index (χ2n) is 7.35. The summed E-state index contributed by atoms with van der Waals surface area (Å²) in [5.74, 6) is 0.0911. The zero-order valence-corrected chi connectivity index (χ0v) is 16.4. The Kier molecular flexibility index (Phi) is 4.15. The summed E-state index contributed by atoms with van der Waals surface area (Å²) in [6.45, 7) is 0.390. The van der Waals surface area contributed by atoms with Crippen LogP contribution in [0.1, 0.15) is 22.0 Å². The number of halogens is 1. The molecule has 0 spiro atoms. The van der Waals surface area contributed by atoms with Crippen LogP contribution in [0.5, 0.6) is 5.75 Å². The summed E-state index contributed by atoms with van der Waals surface area (Å²) >= 11 is 6.23. The Bertz CT molecular complexity index is 1350. The molecule has 7 nitrogen and oxygen atoms in total. The Morgan fingerprint density at radius 3 is 2.70 bits per heavy atom. The Balaban J connectivity index is 1.61. The first-order chi connectivity index (χ1) is 14.5. The largest absolute Gasteiger partial charge is 0.507 e. The third-order valence-corrected chi connectivity index (χ3v) is 6.00. The lowest BCUT2D eigenvalue weighted by Crippen LogP contribution is -2.30. The SMILES string of the molecule is O=C(c1cc2ccc([N+](=O)[O-])cc2[nH]1)N1CC(CCl)c2c1cc(O)c1ccccc21. The van der Waals surface area contributed by atoms with Gasteiger partial charge in [-0.1, -0.05) is 24.3 Å². The van der Waals surface area contributed by atoms with E-state index in [0.717, 1.165) is 16.3 Å². The van der Waals surface area contributed by atoms with Gasteiger partial charge in [-0.15, -0.1) is 11.6 Å². The molecule has 4 aromatic rings. The summed E-state index contributed by atoms with van der Waals surface area (Å²) in [6, 6.07) is 15.2. The number of fused-ring (bicyclic) bond motifs is 4.